The van der Waals surface area contributed by atoms with Gasteiger partial charge < -0.3 is 14.4 Å². The van der Waals surface area contributed by atoms with E-state index in [-0.39, 0.29) is 11.8 Å². The van der Waals surface area contributed by atoms with Gasteiger partial charge in [0.2, 0.25) is 5.95 Å². The van der Waals surface area contributed by atoms with Crippen LogP contribution in [-0.4, -0.2) is 43.1 Å². The van der Waals surface area contributed by atoms with Crippen LogP contribution in [0, 0.1) is 6.92 Å². The maximum atomic E-state index is 11.3. The van der Waals surface area contributed by atoms with Gasteiger partial charge in [0.15, 0.2) is 6.29 Å². The summed E-state index contributed by atoms with van der Waals surface area (Å²) < 4.78 is 10.5. The number of H-pyrrole nitrogens is 1. The molecular formula is C10H15N3O3. The number of anilines is 1. The Bertz CT molecular complexity index is 418. The molecule has 88 valence electrons. The molecule has 2 rings (SSSR count). The first-order valence-electron chi connectivity index (χ1n) is 5.16. The number of aromatic nitrogens is 2. The molecule has 1 aromatic rings. The molecule has 1 aliphatic heterocycles. The largest absolute Gasteiger partial charge is 0.354 e. The summed E-state index contributed by atoms with van der Waals surface area (Å²) in [7, 11) is 1.60. The SMILES string of the molecule is COC1CN(c2nc(C)cc(=O)[nH]2)CCO1. The van der Waals surface area contributed by atoms with Crippen LogP contribution in [0.25, 0.3) is 0 Å². The van der Waals surface area contributed by atoms with E-state index in [1.807, 2.05) is 4.90 Å². The molecule has 0 spiro atoms. The second-order valence-corrected chi connectivity index (χ2v) is 3.69. The van der Waals surface area contributed by atoms with Gasteiger partial charge in [0.25, 0.3) is 5.56 Å². The Kier molecular flexibility index (Phi) is 3.21. The van der Waals surface area contributed by atoms with E-state index in [9.17, 15) is 4.79 Å². The lowest BCUT2D eigenvalue weighted by atomic mass is 10.4. The van der Waals surface area contributed by atoms with Gasteiger partial charge in [-0.25, -0.2) is 4.98 Å². The molecule has 0 aliphatic carbocycles. The summed E-state index contributed by atoms with van der Waals surface area (Å²) in [5.74, 6) is 0.579. The van der Waals surface area contributed by atoms with E-state index in [1.54, 1.807) is 14.0 Å². The van der Waals surface area contributed by atoms with Crippen LogP contribution >= 0.6 is 0 Å². The predicted octanol–water partition coefficient (Wildman–Crippen LogP) is -0.113. The Morgan fingerprint density at radius 2 is 2.50 bits per heavy atom. The number of ether oxygens (including phenoxy) is 2. The Balaban J connectivity index is 2.19. The van der Waals surface area contributed by atoms with E-state index in [0.29, 0.717) is 31.3 Å². The lowest BCUT2D eigenvalue weighted by Crippen LogP contribution is -2.44. The molecule has 1 aromatic heterocycles. The van der Waals surface area contributed by atoms with Crippen LogP contribution in [0.15, 0.2) is 10.9 Å². The quantitative estimate of drug-likeness (QED) is 0.760. The number of aromatic amines is 1. The molecule has 1 N–H and O–H groups in total. The number of hydrogen-bond acceptors (Lipinski definition) is 5. The van der Waals surface area contributed by atoms with E-state index in [2.05, 4.69) is 9.97 Å². The fraction of sp³-hybridized carbons (Fsp3) is 0.600. The molecule has 0 radical (unpaired) electrons. The molecule has 0 bridgehead atoms. The molecule has 1 saturated heterocycles. The average Bonchev–Trinajstić information content (AvgIpc) is 2.28. The highest BCUT2D eigenvalue weighted by Gasteiger charge is 2.21. The van der Waals surface area contributed by atoms with Gasteiger partial charge in [-0.1, -0.05) is 0 Å². The third kappa shape index (κ3) is 2.40. The summed E-state index contributed by atoms with van der Waals surface area (Å²) in [5, 5.41) is 0. The van der Waals surface area contributed by atoms with Crippen molar-refractivity contribution >= 4 is 5.95 Å². The molecule has 0 amide bonds. The highest BCUT2D eigenvalue weighted by atomic mass is 16.7. The fourth-order valence-electron chi connectivity index (χ4n) is 1.67. The van der Waals surface area contributed by atoms with Crippen molar-refractivity contribution in [2.24, 2.45) is 0 Å². The zero-order valence-corrected chi connectivity index (χ0v) is 9.40. The van der Waals surface area contributed by atoms with Gasteiger partial charge in [0.05, 0.1) is 13.2 Å². The van der Waals surface area contributed by atoms with Crippen LogP contribution in [-0.2, 0) is 9.47 Å². The van der Waals surface area contributed by atoms with Crippen LogP contribution in [0.5, 0.6) is 0 Å². The lowest BCUT2D eigenvalue weighted by Gasteiger charge is -2.32. The van der Waals surface area contributed by atoms with Crippen molar-refractivity contribution in [3.63, 3.8) is 0 Å². The predicted molar refractivity (Wildman–Crippen MR) is 58.6 cm³/mol. The highest BCUT2D eigenvalue weighted by molar-refractivity contribution is 5.30. The van der Waals surface area contributed by atoms with Gasteiger partial charge in [0, 0.05) is 25.4 Å². The van der Waals surface area contributed by atoms with Crippen molar-refractivity contribution in [1.82, 2.24) is 9.97 Å². The molecule has 6 nitrogen and oxygen atoms in total. The minimum absolute atomic E-state index is 0.136. The van der Waals surface area contributed by atoms with Gasteiger partial charge in [-0.2, -0.15) is 0 Å². The van der Waals surface area contributed by atoms with Crippen LogP contribution in [0.4, 0.5) is 5.95 Å². The maximum absolute atomic E-state index is 11.3. The molecule has 1 aliphatic rings. The van der Waals surface area contributed by atoms with Gasteiger partial charge in [0.1, 0.15) is 0 Å². The van der Waals surface area contributed by atoms with Gasteiger partial charge in [-0.05, 0) is 6.92 Å². The van der Waals surface area contributed by atoms with Crippen molar-refractivity contribution < 1.29 is 9.47 Å². The molecule has 0 aromatic carbocycles. The fourth-order valence-corrected chi connectivity index (χ4v) is 1.67. The minimum Gasteiger partial charge on any atom is -0.354 e. The number of methoxy groups -OCH3 is 1. The van der Waals surface area contributed by atoms with E-state index >= 15 is 0 Å². The lowest BCUT2D eigenvalue weighted by molar-refractivity contribution is -0.128. The topological polar surface area (TPSA) is 67.5 Å². The number of rotatable bonds is 2. The van der Waals surface area contributed by atoms with E-state index in [0.717, 1.165) is 0 Å². The first kappa shape index (κ1) is 11.1. The number of hydrogen-bond donors (Lipinski definition) is 1. The molecule has 16 heavy (non-hydrogen) atoms. The summed E-state index contributed by atoms with van der Waals surface area (Å²) in [6.07, 6.45) is -0.264. The first-order chi connectivity index (χ1) is 7.69. The summed E-state index contributed by atoms with van der Waals surface area (Å²) in [4.78, 5) is 20.3. The van der Waals surface area contributed by atoms with Gasteiger partial charge in [-0.3, -0.25) is 9.78 Å². The molecule has 6 heteroatoms. The molecular weight excluding hydrogens is 210 g/mol. The maximum Gasteiger partial charge on any atom is 0.252 e. The second kappa shape index (κ2) is 4.63. The van der Waals surface area contributed by atoms with Crippen molar-refractivity contribution in [1.29, 1.82) is 0 Å². The van der Waals surface area contributed by atoms with Gasteiger partial charge >= 0.3 is 0 Å². The zero-order valence-electron chi connectivity index (χ0n) is 9.40. The standard InChI is InChI=1S/C10H15N3O3/c1-7-5-8(14)12-10(11-7)13-3-4-16-9(6-13)15-2/h5,9H,3-4,6H2,1-2H3,(H,11,12,14). The monoisotopic (exact) mass is 225 g/mol. The molecule has 1 unspecified atom stereocenters. The Morgan fingerprint density at radius 3 is 3.19 bits per heavy atom. The highest BCUT2D eigenvalue weighted by Crippen LogP contribution is 2.11. The van der Waals surface area contributed by atoms with Crippen molar-refractivity contribution in [3.8, 4) is 0 Å². The van der Waals surface area contributed by atoms with E-state index in [1.165, 1.54) is 6.07 Å². The van der Waals surface area contributed by atoms with E-state index < -0.39 is 0 Å². The van der Waals surface area contributed by atoms with Crippen molar-refractivity contribution in [2.75, 3.05) is 31.7 Å². The molecule has 2 heterocycles. The number of nitrogens with zero attached hydrogens (tertiary/aromatic N) is 2. The number of aryl methyl sites for hydroxylation is 1. The smallest absolute Gasteiger partial charge is 0.252 e. The summed E-state index contributed by atoms with van der Waals surface area (Å²) >= 11 is 0. The molecule has 0 saturated carbocycles. The van der Waals surface area contributed by atoms with Crippen LogP contribution in [0.3, 0.4) is 0 Å². The summed E-state index contributed by atoms with van der Waals surface area (Å²) in [6.45, 7) is 3.64. The minimum atomic E-state index is -0.264. The third-order valence-electron chi connectivity index (χ3n) is 2.45. The average molecular weight is 225 g/mol. The van der Waals surface area contributed by atoms with Crippen LogP contribution in [0.1, 0.15) is 5.69 Å². The Hall–Kier alpha value is -1.40. The Labute approximate surface area is 93.2 Å². The zero-order chi connectivity index (χ0) is 11.5. The third-order valence-corrected chi connectivity index (χ3v) is 2.45. The van der Waals surface area contributed by atoms with Crippen molar-refractivity contribution in [2.45, 2.75) is 13.2 Å². The van der Waals surface area contributed by atoms with Crippen LogP contribution < -0.4 is 10.5 Å². The normalized spacial score (nSPS) is 21.1. The number of morpholine rings is 1. The van der Waals surface area contributed by atoms with Crippen molar-refractivity contribution in [3.05, 3.63) is 22.1 Å². The second-order valence-electron chi connectivity index (χ2n) is 3.69. The summed E-state index contributed by atoms with van der Waals surface area (Å²) in [6, 6.07) is 1.47. The molecule has 1 fully saturated rings. The first-order valence-corrected chi connectivity index (χ1v) is 5.16. The van der Waals surface area contributed by atoms with E-state index in [4.69, 9.17) is 9.47 Å². The molecule has 1 atom stereocenters. The van der Waals surface area contributed by atoms with Crippen LogP contribution in [0.2, 0.25) is 0 Å². The Morgan fingerprint density at radius 1 is 1.69 bits per heavy atom. The number of nitrogens with one attached hydrogen (secondary N) is 1. The van der Waals surface area contributed by atoms with Gasteiger partial charge in [-0.15, -0.1) is 0 Å². The summed E-state index contributed by atoms with van der Waals surface area (Å²) in [5.41, 5.74) is 0.571.